The van der Waals surface area contributed by atoms with Gasteiger partial charge in [-0.05, 0) is 30.9 Å². The molecule has 2 rings (SSSR count). The summed E-state index contributed by atoms with van der Waals surface area (Å²) in [6.45, 7) is 0.480. The quantitative estimate of drug-likeness (QED) is 0.617. The van der Waals surface area contributed by atoms with E-state index in [0.29, 0.717) is 23.9 Å². The zero-order valence-electron chi connectivity index (χ0n) is 11.7. The van der Waals surface area contributed by atoms with Gasteiger partial charge in [0, 0.05) is 12.6 Å². The monoisotopic (exact) mass is 279 g/mol. The molecule has 0 heterocycles. The topological polar surface area (TPSA) is 90.4 Å². The lowest BCUT2D eigenvalue weighted by Crippen LogP contribution is -2.35. The van der Waals surface area contributed by atoms with Crippen LogP contribution < -0.4 is 15.8 Å². The molecule has 0 amide bonds. The van der Waals surface area contributed by atoms with Crippen LogP contribution in [0.25, 0.3) is 0 Å². The second kappa shape index (κ2) is 6.56. The molecule has 110 valence electrons. The van der Waals surface area contributed by atoms with Crippen LogP contribution in [0.2, 0.25) is 0 Å². The van der Waals surface area contributed by atoms with E-state index in [1.165, 1.54) is 26.0 Å². The lowest BCUT2D eigenvalue weighted by Gasteiger charge is -2.24. The first kappa shape index (κ1) is 14.6. The molecular weight excluding hydrogens is 258 g/mol. The van der Waals surface area contributed by atoms with Crippen molar-refractivity contribution in [1.82, 2.24) is 0 Å². The van der Waals surface area contributed by atoms with Crippen LogP contribution in [0.1, 0.15) is 25.7 Å². The summed E-state index contributed by atoms with van der Waals surface area (Å²) in [7, 11) is 1.49. The predicted molar refractivity (Wildman–Crippen MR) is 78.1 cm³/mol. The molecule has 0 saturated heterocycles. The Morgan fingerprint density at radius 3 is 2.75 bits per heavy atom. The SMILES string of the molecule is COc1ccc(NC(CN)C2CCCC2)c([N+](=O)[O-])c1. The third-order valence-corrected chi connectivity index (χ3v) is 3.97. The fourth-order valence-electron chi connectivity index (χ4n) is 2.84. The molecule has 1 aromatic carbocycles. The van der Waals surface area contributed by atoms with Gasteiger partial charge in [-0.2, -0.15) is 0 Å². The van der Waals surface area contributed by atoms with Gasteiger partial charge in [0.25, 0.3) is 5.69 Å². The van der Waals surface area contributed by atoms with E-state index in [9.17, 15) is 10.1 Å². The molecule has 1 fully saturated rings. The van der Waals surface area contributed by atoms with Crippen molar-refractivity contribution in [3.8, 4) is 5.75 Å². The van der Waals surface area contributed by atoms with E-state index >= 15 is 0 Å². The average Bonchev–Trinajstić information content (AvgIpc) is 2.98. The van der Waals surface area contributed by atoms with E-state index in [1.807, 2.05) is 0 Å². The van der Waals surface area contributed by atoms with Crippen molar-refractivity contribution in [1.29, 1.82) is 0 Å². The maximum atomic E-state index is 11.2. The van der Waals surface area contributed by atoms with E-state index < -0.39 is 4.92 Å². The maximum Gasteiger partial charge on any atom is 0.296 e. The number of nitrogens with one attached hydrogen (secondary N) is 1. The van der Waals surface area contributed by atoms with Crippen LogP contribution in [-0.4, -0.2) is 24.6 Å². The highest BCUT2D eigenvalue weighted by Crippen LogP contribution is 2.33. The predicted octanol–water partition coefficient (Wildman–Crippen LogP) is 2.53. The largest absolute Gasteiger partial charge is 0.496 e. The van der Waals surface area contributed by atoms with Gasteiger partial charge in [0.2, 0.25) is 0 Å². The van der Waals surface area contributed by atoms with Gasteiger partial charge in [0.1, 0.15) is 11.4 Å². The number of methoxy groups -OCH3 is 1. The second-order valence-electron chi connectivity index (χ2n) is 5.17. The number of hydrogen-bond acceptors (Lipinski definition) is 5. The summed E-state index contributed by atoms with van der Waals surface area (Å²) in [5, 5.41) is 14.4. The van der Waals surface area contributed by atoms with Crippen molar-refractivity contribution in [2.24, 2.45) is 11.7 Å². The zero-order valence-corrected chi connectivity index (χ0v) is 11.7. The number of rotatable bonds is 6. The Labute approximate surface area is 118 Å². The van der Waals surface area contributed by atoms with Gasteiger partial charge in [0.15, 0.2) is 0 Å². The summed E-state index contributed by atoms with van der Waals surface area (Å²) in [6, 6.07) is 4.93. The fraction of sp³-hybridized carbons (Fsp3) is 0.571. The van der Waals surface area contributed by atoms with Crippen LogP contribution in [0.15, 0.2) is 18.2 Å². The molecule has 6 nitrogen and oxygen atoms in total. The molecule has 1 aromatic rings. The van der Waals surface area contributed by atoms with E-state index in [1.54, 1.807) is 12.1 Å². The lowest BCUT2D eigenvalue weighted by atomic mass is 9.98. The normalized spacial score (nSPS) is 16.9. The molecule has 1 unspecified atom stereocenters. The Morgan fingerprint density at radius 2 is 2.20 bits per heavy atom. The first-order chi connectivity index (χ1) is 9.65. The van der Waals surface area contributed by atoms with Gasteiger partial charge in [-0.25, -0.2) is 0 Å². The molecule has 3 N–H and O–H groups in total. The third-order valence-electron chi connectivity index (χ3n) is 3.97. The highest BCUT2D eigenvalue weighted by Gasteiger charge is 2.26. The summed E-state index contributed by atoms with van der Waals surface area (Å²) in [5.41, 5.74) is 6.37. The summed E-state index contributed by atoms with van der Waals surface area (Å²) in [4.78, 5) is 10.8. The standard InChI is InChI=1S/C14H21N3O3/c1-20-11-6-7-12(14(8-11)17(18)19)16-13(9-15)10-4-2-3-5-10/h6-8,10,13,16H,2-5,9,15H2,1H3. The molecule has 0 aliphatic heterocycles. The third kappa shape index (κ3) is 3.19. The molecular formula is C14H21N3O3. The molecule has 1 aliphatic rings. The molecule has 0 spiro atoms. The van der Waals surface area contributed by atoms with Crippen molar-refractivity contribution in [3.63, 3.8) is 0 Å². The van der Waals surface area contributed by atoms with Crippen LogP contribution in [0.5, 0.6) is 5.75 Å². The number of nitro groups is 1. The molecule has 1 saturated carbocycles. The lowest BCUT2D eigenvalue weighted by molar-refractivity contribution is -0.384. The minimum absolute atomic E-state index is 0.0285. The number of nitrogens with two attached hydrogens (primary N) is 1. The van der Waals surface area contributed by atoms with Crippen molar-refractivity contribution in [2.75, 3.05) is 19.0 Å². The smallest absolute Gasteiger partial charge is 0.296 e. The van der Waals surface area contributed by atoms with E-state index in [-0.39, 0.29) is 11.7 Å². The van der Waals surface area contributed by atoms with Crippen LogP contribution in [0, 0.1) is 16.0 Å². The molecule has 0 radical (unpaired) electrons. The van der Waals surface area contributed by atoms with Gasteiger partial charge in [-0.15, -0.1) is 0 Å². The van der Waals surface area contributed by atoms with Gasteiger partial charge < -0.3 is 15.8 Å². The van der Waals surface area contributed by atoms with Gasteiger partial charge in [-0.3, -0.25) is 10.1 Å². The highest BCUT2D eigenvalue weighted by molar-refractivity contribution is 5.64. The maximum absolute atomic E-state index is 11.2. The number of nitrogens with zero attached hydrogens (tertiary/aromatic N) is 1. The van der Waals surface area contributed by atoms with Crippen LogP contribution >= 0.6 is 0 Å². The van der Waals surface area contributed by atoms with Crippen molar-refractivity contribution >= 4 is 11.4 Å². The van der Waals surface area contributed by atoms with Gasteiger partial charge >= 0.3 is 0 Å². The average molecular weight is 279 g/mol. The Balaban J connectivity index is 2.20. The zero-order chi connectivity index (χ0) is 14.5. The highest BCUT2D eigenvalue weighted by atomic mass is 16.6. The number of nitro benzene ring substituents is 1. The minimum Gasteiger partial charge on any atom is -0.496 e. The van der Waals surface area contributed by atoms with Gasteiger partial charge in [-0.1, -0.05) is 12.8 Å². The van der Waals surface area contributed by atoms with Crippen LogP contribution in [0.4, 0.5) is 11.4 Å². The molecule has 6 heteroatoms. The number of hydrogen-bond donors (Lipinski definition) is 2. The van der Waals surface area contributed by atoms with E-state index in [0.717, 1.165) is 12.8 Å². The Morgan fingerprint density at radius 1 is 1.50 bits per heavy atom. The van der Waals surface area contributed by atoms with Crippen LogP contribution in [-0.2, 0) is 0 Å². The Bertz CT molecular complexity index is 473. The molecule has 20 heavy (non-hydrogen) atoms. The molecule has 1 atom stereocenters. The fourth-order valence-corrected chi connectivity index (χ4v) is 2.84. The van der Waals surface area contributed by atoms with E-state index in [4.69, 9.17) is 10.5 Å². The van der Waals surface area contributed by atoms with E-state index in [2.05, 4.69) is 5.32 Å². The second-order valence-corrected chi connectivity index (χ2v) is 5.17. The summed E-state index contributed by atoms with van der Waals surface area (Å²) in [5.74, 6) is 0.981. The minimum atomic E-state index is -0.396. The molecule has 0 bridgehead atoms. The van der Waals surface area contributed by atoms with Crippen LogP contribution in [0.3, 0.4) is 0 Å². The van der Waals surface area contributed by atoms with Gasteiger partial charge in [0.05, 0.1) is 18.1 Å². The molecule has 0 aromatic heterocycles. The Hall–Kier alpha value is -1.82. The first-order valence-electron chi connectivity index (χ1n) is 6.94. The van der Waals surface area contributed by atoms with Crippen molar-refractivity contribution in [3.05, 3.63) is 28.3 Å². The summed E-state index contributed by atoms with van der Waals surface area (Å²) >= 11 is 0. The molecule has 1 aliphatic carbocycles. The summed E-state index contributed by atoms with van der Waals surface area (Å²) in [6.07, 6.45) is 4.71. The number of benzene rings is 1. The summed E-state index contributed by atoms with van der Waals surface area (Å²) < 4.78 is 5.03. The number of anilines is 1. The van der Waals surface area contributed by atoms with Crippen molar-refractivity contribution in [2.45, 2.75) is 31.7 Å². The van der Waals surface area contributed by atoms with Crippen molar-refractivity contribution < 1.29 is 9.66 Å². The Kier molecular flexibility index (Phi) is 4.79. The first-order valence-corrected chi connectivity index (χ1v) is 6.94. The number of ether oxygens (including phenoxy) is 1.